The summed E-state index contributed by atoms with van der Waals surface area (Å²) in [7, 11) is 0. The van der Waals surface area contributed by atoms with Crippen LogP contribution < -0.4 is 10.6 Å². The van der Waals surface area contributed by atoms with Gasteiger partial charge in [-0.15, -0.1) is 11.3 Å². The van der Waals surface area contributed by atoms with E-state index in [1.807, 2.05) is 13.0 Å². The van der Waals surface area contributed by atoms with Crippen LogP contribution in [0.15, 0.2) is 6.07 Å². The van der Waals surface area contributed by atoms with Gasteiger partial charge >= 0.3 is 0 Å². The smallest absolute Gasteiger partial charge is 0.262 e. The predicted octanol–water partition coefficient (Wildman–Crippen LogP) is 1.88. The second kappa shape index (κ2) is 6.19. The van der Waals surface area contributed by atoms with Gasteiger partial charge in [-0.2, -0.15) is 0 Å². The molecule has 5 heteroatoms. The lowest BCUT2D eigenvalue weighted by atomic mass is 10.2. The Labute approximate surface area is 117 Å². The van der Waals surface area contributed by atoms with Crippen molar-refractivity contribution in [3.8, 4) is 0 Å². The van der Waals surface area contributed by atoms with Gasteiger partial charge in [0, 0.05) is 11.4 Å². The molecule has 1 heterocycles. The minimum Gasteiger partial charge on any atom is -0.354 e. The minimum atomic E-state index is -0.490. The van der Waals surface area contributed by atoms with Gasteiger partial charge in [0.25, 0.3) is 5.91 Å². The highest BCUT2D eigenvalue weighted by Gasteiger charge is 2.21. The standard InChI is InChI=1S/C14H20N2O2S/c1-3-7-15-13(17)9(2)16-14(18)12-8-10-5-4-6-11(10)19-12/h8-9H,3-7H2,1-2H3,(H,15,17)(H,16,18)/t9-/m1/s1. The highest BCUT2D eigenvalue weighted by molar-refractivity contribution is 7.14. The molecule has 0 unspecified atom stereocenters. The lowest BCUT2D eigenvalue weighted by Crippen LogP contribution is -2.44. The van der Waals surface area contributed by atoms with Crippen LogP contribution in [0.1, 0.15) is 46.8 Å². The van der Waals surface area contributed by atoms with Crippen molar-refractivity contribution in [3.05, 3.63) is 21.4 Å². The maximum Gasteiger partial charge on any atom is 0.262 e. The van der Waals surface area contributed by atoms with Gasteiger partial charge in [0.1, 0.15) is 6.04 Å². The number of carbonyl (C=O) groups is 2. The zero-order valence-corrected chi connectivity index (χ0v) is 12.2. The fourth-order valence-electron chi connectivity index (χ4n) is 2.18. The van der Waals surface area contributed by atoms with Crippen LogP contribution in [0.3, 0.4) is 0 Å². The lowest BCUT2D eigenvalue weighted by molar-refractivity contribution is -0.122. The molecule has 0 fully saturated rings. The van der Waals surface area contributed by atoms with Gasteiger partial charge in [-0.3, -0.25) is 9.59 Å². The second-order valence-electron chi connectivity index (χ2n) is 4.90. The van der Waals surface area contributed by atoms with E-state index in [0.717, 1.165) is 24.1 Å². The van der Waals surface area contributed by atoms with Gasteiger partial charge in [-0.25, -0.2) is 0 Å². The number of aryl methyl sites for hydroxylation is 2. The first-order chi connectivity index (χ1) is 9.11. The van der Waals surface area contributed by atoms with Crippen LogP contribution in [0.4, 0.5) is 0 Å². The lowest BCUT2D eigenvalue weighted by Gasteiger charge is -2.13. The molecule has 0 aliphatic heterocycles. The summed E-state index contributed by atoms with van der Waals surface area (Å²) in [5.74, 6) is -0.266. The molecular formula is C14H20N2O2S. The van der Waals surface area contributed by atoms with Crippen molar-refractivity contribution in [2.45, 2.75) is 45.6 Å². The van der Waals surface area contributed by atoms with Crippen LogP contribution in [0.2, 0.25) is 0 Å². The van der Waals surface area contributed by atoms with Gasteiger partial charge in [-0.05, 0) is 44.2 Å². The average molecular weight is 280 g/mol. The maximum atomic E-state index is 12.1. The number of hydrogen-bond acceptors (Lipinski definition) is 3. The Morgan fingerprint density at radius 3 is 2.89 bits per heavy atom. The van der Waals surface area contributed by atoms with Crippen molar-refractivity contribution in [2.75, 3.05) is 6.54 Å². The van der Waals surface area contributed by atoms with E-state index in [1.165, 1.54) is 16.9 Å². The third-order valence-electron chi connectivity index (χ3n) is 3.26. The summed E-state index contributed by atoms with van der Waals surface area (Å²) in [5, 5.41) is 5.53. The molecule has 0 spiro atoms. The molecule has 0 saturated heterocycles. The Bertz CT molecular complexity index is 460. The van der Waals surface area contributed by atoms with Gasteiger partial charge in [0.2, 0.25) is 5.91 Å². The Balaban J connectivity index is 1.91. The van der Waals surface area contributed by atoms with E-state index in [-0.39, 0.29) is 11.8 Å². The molecule has 19 heavy (non-hydrogen) atoms. The Morgan fingerprint density at radius 1 is 1.42 bits per heavy atom. The van der Waals surface area contributed by atoms with Gasteiger partial charge in [-0.1, -0.05) is 6.92 Å². The number of rotatable bonds is 5. The molecule has 1 aromatic heterocycles. The highest BCUT2D eigenvalue weighted by atomic mass is 32.1. The van der Waals surface area contributed by atoms with Crippen LogP contribution in [0, 0.1) is 0 Å². The largest absolute Gasteiger partial charge is 0.354 e. The van der Waals surface area contributed by atoms with Gasteiger partial charge < -0.3 is 10.6 Å². The van der Waals surface area contributed by atoms with Crippen molar-refractivity contribution < 1.29 is 9.59 Å². The third kappa shape index (κ3) is 3.35. The number of nitrogens with one attached hydrogen (secondary N) is 2. The molecule has 1 aromatic rings. The molecular weight excluding hydrogens is 260 g/mol. The Hall–Kier alpha value is -1.36. The molecule has 2 N–H and O–H groups in total. The van der Waals surface area contributed by atoms with Crippen molar-refractivity contribution in [2.24, 2.45) is 0 Å². The van der Waals surface area contributed by atoms with Crippen molar-refractivity contribution >= 4 is 23.2 Å². The summed E-state index contributed by atoms with van der Waals surface area (Å²) in [6, 6.07) is 1.48. The molecule has 0 aromatic carbocycles. The molecule has 2 amide bonds. The third-order valence-corrected chi connectivity index (χ3v) is 4.50. The quantitative estimate of drug-likeness (QED) is 0.865. The monoisotopic (exact) mass is 280 g/mol. The fraction of sp³-hybridized carbons (Fsp3) is 0.571. The van der Waals surface area contributed by atoms with E-state index < -0.39 is 6.04 Å². The van der Waals surface area contributed by atoms with Crippen LogP contribution >= 0.6 is 11.3 Å². The SMILES string of the molecule is CCCNC(=O)[C@@H](C)NC(=O)c1cc2c(s1)CCC2. The first-order valence-electron chi connectivity index (χ1n) is 6.82. The molecule has 4 nitrogen and oxygen atoms in total. The second-order valence-corrected chi connectivity index (χ2v) is 6.04. The topological polar surface area (TPSA) is 58.2 Å². The van der Waals surface area contributed by atoms with Crippen molar-refractivity contribution in [1.29, 1.82) is 0 Å². The number of carbonyl (C=O) groups excluding carboxylic acids is 2. The molecule has 2 rings (SSSR count). The first-order valence-corrected chi connectivity index (χ1v) is 7.63. The number of amides is 2. The summed E-state index contributed by atoms with van der Waals surface area (Å²) in [5.41, 5.74) is 1.30. The number of fused-ring (bicyclic) bond motifs is 1. The first kappa shape index (κ1) is 14.1. The summed E-state index contributed by atoms with van der Waals surface area (Å²) in [6.07, 6.45) is 4.24. The van der Waals surface area contributed by atoms with E-state index >= 15 is 0 Å². The molecule has 1 aliphatic rings. The molecule has 0 saturated carbocycles. The molecule has 1 atom stereocenters. The number of hydrogen-bond donors (Lipinski definition) is 2. The van der Waals surface area contributed by atoms with E-state index in [0.29, 0.717) is 6.54 Å². The van der Waals surface area contributed by atoms with Crippen LogP contribution in [0.5, 0.6) is 0 Å². The van der Waals surface area contributed by atoms with Gasteiger partial charge in [0.15, 0.2) is 0 Å². The summed E-state index contributed by atoms with van der Waals surface area (Å²) in [6.45, 7) is 4.35. The Morgan fingerprint density at radius 2 is 2.21 bits per heavy atom. The number of thiophene rings is 1. The van der Waals surface area contributed by atoms with Crippen LogP contribution in [0.25, 0.3) is 0 Å². The minimum absolute atomic E-state index is 0.126. The predicted molar refractivity (Wildman–Crippen MR) is 76.6 cm³/mol. The van der Waals surface area contributed by atoms with E-state index in [4.69, 9.17) is 0 Å². The highest BCUT2D eigenvalue weighted by Crippen LogP contribution is 2.30. The fourth-order valence-corrected chi connectivity index (χ4v) is 3.33. The molecule has 0 bridgehead atoms. The van der Waals surface area contributed by atoms with Crippen LogP contribution in [-0.4, -0.2) is 24.4 Å². The summed E-state index contributed by atoms with van der Waals surface area (Å²) < 4.78 is 0. The summed E-state index contributed by atoms with van der Waals surface area (Å²) >= 11 is 1.56. The maximum absolute atomic E-state index is 12.1. The van der Waals surface area contributed by atoms with Crippen LogP contribution in [-0.2, 0) is 17.6 Å². The normalized spacial score (nSPS) is 14.8. The van der Waals surface area contributed by atoms with Gasteiger partial charge in [0.05, 0.1) is 4.88 Å². The molecule has 0 radical (unpaired) electrons. The zero-order chi connectivity index (χ0) is 13.8. The van der Waals surface area contributed by atoms with E-state index in [1.54, 1.807) is 18.3 Å². The molecule has 104 valence electrons. The molecule has 1 aliphatic carbocycles. The zero-order valence-electron chi connectivity index (χ0n) is 11.4. The van der Waals surface area contributed by atoms with E-state index in [2.05, 4.69) is 10.6 Å². The van der Waals surface area contributed by atoms with E-state index in [9.17, 15) is 9.59 Å². The average Bonchev–Trinajstić information content (AvgIpc) is 2.96. The van der Waals surface area contributed by atoms with Crippen molar-refractivity contribution in [1.82, 2.24) is 10.6 Å². The summed E-state index contributed by atoms with van der Waals surface area (Å²) in [4.78, 5) is 25.8. The Kier molecular flexibility index (Phi) is 4.58. The van der Waals surface area contributed by atoms with Crippen molar-refractivity contribution in [3.63, 3.8) is 0 Å².